The first-order valence-electron chi connectivity index (χ1n) is 7.21. The van der Waals surface area contributed by atoms with E-state index in [4.69, 9.17) is 4.74 Å². The minimum atomic E-state index is -1.20. The normalized spacial score (nSPS) is 17.4. The zero-order valence-corrected chi connectivity index (χ0v) is 13.2. The molecule has 1 aliphatic heterocycles. The van der Waals surface area contributed by atoms with Crippen molar-refractivity contribution in [2.75, 3.05) is 13.2 Å². The summed E-state index contributed by atoms with van der Waals surface area (Å²) in [5.74, 6) is -1.28. The van der Waals surface area contributed by atoms with Crippen LogP contribution in [-0.2, 0) is 16.0 Å². The Morgan fingerprint density at radius 3 is 2.67 bits per heavy atom. The topological polar surface area (TPSA) is 75.6 Å². The Labute approximate surface area is 128 Å². The van der Waals surface area contributed by atoms with E-state index in [0.717, 1.165) is 17.7 Å². The van der Waals surface area contributed by atoms with Gasteiger partial charge in [0, 0.05) is 30.9 Å². The monoisotopic (exact) mass is 311 g/mol. The van der Waals surface area contributed by atoms with Crippen molar-refractivity contribution in [2.24, 2.45) is 0 Å². The Kier molecular flexibility index (Phi) is 5.00. The molecule has 2 heterocycles. The fourth-order valence-corrected chi connectivity index (χ4v) is 3.51. The molecule has 0 unspecified atom stereocenters. The molecular formula is C15H21NO4S. The van der Waals surface area contributed by atoms with Gasteiger partial charge in [0.2, 0.25) is 0 Å². The summed E-state index contributed by atoms with van der Waals surface area (Å²) in [5, 5.41) is 12.2. The number of rotatable bonds is 5. The average Bonchev–Trinajstić information content (AvgIpc) is 2.82. The van der Waals surface area contributed by atoms with Crippen molar-refractivity contribution in [3.63, 3.8) is 0 Å². The fourth-order valence-electron chi connectivity index (χ4n) is 2.54. The van der Waals surface area contributed by atoms with Gasteiger partial charge >= 0.3 is 5.97 Å². The van der Waals surface area contributed by atoms with Crippen LogP contribution in [-0.4, -0.2) is 35.7 Å². The highest BCUT2D eigenvalue weighted by atomic mass is 32.1. The molecule has 2 rings (SSSR count). The number of carboxylic acids is 1. The van der Waals surface area contributed by atoms with Crippen LogP contribution in [0.4, 0.5) is 0 Å². The Morgan fingerprint density at radius 2 is 2.10 bits per heavy atom. The average molecular weight is 311 g/mol. The van der Waals surface area contributed by atoms with E-state index in [0.29, 0.717) is 30.9 Å². The number of hydrogen-bond donors (Lipinski definition) is 2. The summed E-state index contributed by atoms with van der Waals surface area (Å²) in [6.07, 6.45) is 2.57. The second-order valence-corrected chi connectivity index (χ2v) is 6.65. The van der Waals surface area contributed by atoms with Crippen molar-refractivity contribution >= 4 is 23.2 Å². The first-order valence-corrected chi connectivity index (χ1v) is 8.03. The van der Waals surface area contributed by atoms with Crippen molar-refractivity contribution in [1.29, 1.82) is 0 Å². The fraction of sp³-hybridized carbons (Fsp3) is 0.600. The lowest BCUT2D eigenvalue weighted by atomic mass is 9.90. The molecule has 116 valence electrons. The summed E-state index contributed by atoms with van der Waals surface area (Å²) in [7, 11) is 0. The summed E-state index contributed by atoms with van der Waals surface area (Å²) in [4.78, 5) is 25.6. The van der Waals surface area contributed by atoms with Crippen molar-refractivity contribution in [3.05, 3.63) is 21.4 Å². The molecule has 0 bridgehead atoms. The number of aryl methyl sites for hydroxylation is 2. The quantitative estimate of drug-likeness (QED) is 0.875. The van der Waals surface area contributed by atoms with Crippen LogP contribution in [0.2, 0.25) is 0 Å². The van der Waals surface area contributed by atoms with E-state index in [9.17, 15) is 14.7 Å². The van der Waals surface area contributed by atoms with Crippen molar-refractivity contribution < 1.29 is 19.4 Å². The number of ether oxygens (including phenoxy) is 1. The van der Waals surface area contributed by atoms with Crippen molar-refractivity contribution in [1.82, 2.24) is 5.32 Å². The van der Waals surface area contributed by atoms with Gasteiger partial charge in [0.1, 0.15) is 5.54 Å². The summed E-state index contributed by atoms with van der Waals surface area (Å²) in [5.41, 5.74) is -0.0259. The van der Waals surface area contributed by atoms with E-state index >= 15 is 0 Å². The maximum Gasteiger partial charge on any atom is 0.329 e. The zero-order chi connectivity index (χ0) is 15.5. The standard InChI is InChI=1S/C15H21NO4S/c1-3-4-11-9-12(21-10(11)2)13(17)16-15(14(18)19)5-7-20-8-6-15/h9H,3-8H2,1-2H3,(H,16,17)(H,18,19). The lowest BCUT2D eigenvalue weighted by Crippen LogP contribution is -2.57. The summed E-state index contributed by atoms with van der Waals surface area (Å²) in [6, 6.07) is 1.88. The van der Waals surface area contributed by atoms with E-state index in [2.05, 4.69) is 12.2 Å². The van der Waals surface area contributed by atoms with Gasteiger partial charge in [-0.2, -0.15) is 0 Å². The number of amides is 1. The van der Waals surface area contributed by atoms with Gasteiger partial charge < -0.3 is 15.2 Å². The van der Waals surface area contributed by atoms with Crippen LogP contribution in [0.5, 0.6) is 0 Å². The highest BCUT2D eigenvalue weighted by molar-refractivity contribution is 7.14. The van der Waals surface area contributed by atoms with Gasteiger partial charge in [0.15, 0.2) is 0 Å². The molecule has 1 saturated heterocycles. The van der Waals surface area contributed by atoms with E-state index in [1.807, 2.05) is 13.0 Å². The molecule has 0 aliphatic carbocycles. The molecule has 1 aromatic heterocycles. The Bertz CT molecular complexity index is 532. The molecule has 0 atom stereocenters. The van der Waals surface area contributed by atoms with Crippen LogP contribution >= 0.6 is 11.3 Å². The number of aliphatic carboxylic acids is 1. The van der Waals surface area contributed by atoms with Gasteiger partial charge in [0.25, 0.3) is 5.91 Å². The molecule has 1 amide bonds. The van der Waals surface area contributed by atoms with Gasteiger partial charge in [-0.1, -0.05) is 13.3 Å². The van der Waals surface area contributed by atoms with Gasteiger partial charge in [-0.25, -0.2) is 4.79 Å². The van der Waals surface area contributed by atoms with Crippen LogP contribution in [0.25, 0.3) is 0 Å². The third-order valence-corrected chi connectivity index (χ3v) is 4.96. The smallest absolute Gasteiger partial charge is 0.329 e. The summed E-state index contributed by atoms with van der Waals surface area (Å²) < 4.78 is 5.21. The molecular weight excluding hydrogens is 290 g/mol. The van der Waals surface area contributed by atoms with Crippen LogP contribution in [0.1, 0.15) is 46.3 Å². The molecule has 1 aromatic rings. The van der Waals surface area contributed by atoms with E-state index in [1.54, 1.807) is 0 Å². The van der Waals surface area contributed by atoms with Gasteiger partial charge in [0.05, 0.1) is 4.88 Å². The number of hydrogen-bond acceptors (Lipinski definition) is 4. The van der Waals surface area contributed by atoms with Gasteiger partial charge in [-0.3, -0.25) is 4.79 Å². The second-order valence-electron chi connectivity index (χ2n) is 5.40. The van der Waals surface area contributed by atoms with Crippen LogP contribution in [0, 0.1) is 6.92 Å². The minimum Gasteiger partial charge on any atom is -0.480 e. The molecule has 6 heteroatoms. The molecule has 5 nitrogen and oxygen atoms in total. The minimum absolute atomic E-state index is 0.297. The molecule has 1 fully saturated rings. The predicted molar refractivity (Wildman–Crippen MR) is 80.9 cm³/mol. The van der Waals surface area contributed by atoms with Crippen molar-refractivity contribution in [2.45, 2.75) is 45.1 Å². The van der Waals surface area contributed by atoms with Crippen molar-refractivity contribution in [3.8, 4) is 0 Å². The van der Waals surface area contributed by atoms with Crippen LogP contribution < -0.4 is 5.32 Å². The largest absolute Gasteiger partial charge is 0.480 e. The molecule has 0 radical (unpaired) electrons. The second kappa shape index (κ2) is 6.58. The maximum absolute atomic E-state index is 12.4. The number of carbonyl (C=O) groups excluding carboxylic acids is 1. The van der Waals surface area contributed by atoms with E-state index < -0.39 is 11.5 Å². The number of carboxylic acid groups (broad SMARTS) is 1. The highest BCUT2D eigenvalue weighted by Crippen LogP contribution is 2.26. The molecule has 0 saturated carbocycles. The highest BCUT2D eigenvalue weighted by Gasteiger charge is 2.42. The number of carbonyl (C=O) groups is 2. The SMILES string of the molecule is CCCc1cc(C(=O)NC2(C(=O)O)CCOCC2)sc1C. The number of nitrogens with one attached hydrogen (secondary N) is 1. The number of thiophene rings is 1. The molecule has 21 heavy (non-hydrogen) atoms. The Morgan fingerprint density at radius 1 is 1.43 bits per heavy atom. The molecule has 1 aliphatic rings. The molecule has 0 aromatic carbocycles. The summed E-state index contributed by atoms with van der Waals surface area (Å²) >= 11 is 1.43. The third kappa shape index (κ3) is 3.44. The maximum atomic E-state index is 12.4. The Hall–Kier alpha value is -1.40. The van der Waals surface area contributed by atoms with E-state index in [-0.39, 0.29) is 5.91 Å². The predicted octanol–water partition coefficient (Wildman–Crippen LogP) is 2.37. The lowest BCUT2D eigenvalue weighted by molar-refractivity contribution is -0.148. The first-order chi connectivity index (χ1) is 9.98. The first kappa shape index (κ1) is 16.0. The van der Waals surface area contributed by atoms with Gasteiger partial charge in [-0.15, -0.1) is 11.3 Å². The molecule has 2 N–H and O–H groups in total. The van der Waals surface area contributed by atoms with E-state index in [1.165, 1.54) is 16.9 Å². The Balaban J connectivity index is 2.15. The lowest BCUT2D eigenvalue weighted by Gasteiger charge is -2.33. The van der Waals surface area contributed by atoms with Crippen LogP contribution in [0.3, 0.4) is 0 Å². The van der Waals surface area contributed by atoms with Gasteiger partial charge in [-0.05, 0) is 25.0 Å². The molecule has 0 spiro atoms. The third-order valence-electron chi connectivity index (χ3n) is 3.87. The van der Waals surface area contributed by atoms with Crippen LogP contribution in [0.15, 0.2) is 6.07 Å². The zero-order valence-electron chi connectivity index (χ0n) is 12.4. The summed E-state index contributed by atoms with van der Waals surface area (Å²) in [6.45, 7) is 4.81.